The highest BCUT2D eigenvalue weighted by atomic mass is 16.2. The monoisotopic (exact) mass is 294 g/mol. The second-order valence-corrected chi connectivity index (χ2v) is 7.88. The Morgan fingerprint density at radius 1 is 1.24 bits per heavy atom. The van der Waals surface area contributed by atoms with Crippen LogP contribution in [0.1, 0.15) is 66.7 Å². The Bertz CT molecular complexity index is 423. The number of nitrogens with zero attached hydrogens (tertiary/aromatic N) is 1. The van der Waals surface area contributed by atoms with Gasteiger partial charge in [0, 0.05) is 6.54 Å². The third-order valence-corrected chi connectivity index (χ3v) is 5.73. The number of hydrogen-bond acceptors (Lipinski definition) is 2. The van der Waals surface area contributed by atoms with E-state index in [1.165, 1.54) is 0 Å². The van der Waals surface area contributed by atoms with Gasteiger partial charge in [0.25, 0.3) is 0 Å². The lowest BCUT2D eigenvalue weighted by Crippen LogP contribution is -2.71. The average Bonchev–Trinajstić information content (AvgIpc) is 2.42. The van der Waals surface area contributed by atoms with Crippen molar-refractivity contribution in [2.75, 3.05) is 6.54 Å². The van der Waals surface area contributed by atoms with Crippen LogP contribution in [0, 0.1) is 11.3 Å². The molecule has 2 amide bonds. The lowest BCUT2D eigenvalue weighted by atomic mass is 9.76. The van der Waals surface area contributed by atoms with E-state index in [-0.39, 0.29) is 23.3 Å². The summed E-state index contributed by atoms with van der Waals surface area (Å²) < 4.78 is 0. The lowest BCUT2D eigenvalue weighted by molar-refractivity contribution is -0.158. The summed E-state index contributed by atoms with van der Waals surface area (Å²) in [6.07, 6.45) is 4.81. The van der Waals surface area contributed by atoms with Crippen molar-refractivity contribution in [3.8, 4) is 0 Å². The van der Waals surface area contributed by atoms with E-state index in [1.54, 1.807) is 0 Å². The summed E-state index contributed by atoms with van der Waals surface area (Å²) >= 11 is 0. The molecular formula is C17H30N2O2. The van der Waals surface area contributed by atoms with Gasteiger partial charge in [-0.25, -0.2) is 0 Å². The quantitative estimate of drug-likeness (QED) is 0.870. The normalized spacial score (nSPS) is 26.4. The molecule has 21 heavy (non-hydrogen) atoms. The average molecular weight is 294 g/mol. The number of carbonyl (C=O) groups excluding carboxylic acids is 2. The molecule has 0 radical (unpaired) electrons. The van der Waals surface area contributed by atoms with E-state index in [9.17, 15) is 9.59 Å². The largest absolute Gasteiger partial charge is 0.340 e. The Labute approximate surface area is 128 Å². The van der Waals surface area contributed by atoms with Crippen molar-refractivity contribution in [2.45, 2.75) is 78.3 Å². The zero-order valence-electron chi connectivity index (χ0n) is 14.2. The fourth-order valence-corrected chi connectivity index (χ4v) is 3.31. The van der Waals surface area contributed by atoms with E-state index < -0.39 is 5.54 Å². The van der Waals surface area contributed by atoms with E-state index >= 15 is 0 Å². The van der Waals surface area contributed by atoms with Gasteiger partial charge in [0.2, 0.25) is 11.8 Å². The summed E-state index contributed by atoms with van der Waals surface area (Å²) in [7, 11) is 0. The van der Waals surface area contributed by atoms with Gasteiger partial charge >= 0.3 is 0 Å². The molecule has 4 heteroatoms. The fraction of sp³-hybridized carbons (Fsp3) is 0.882. The summed E-state index contributed by atoms with van der Waals surface area (Å²) in [5, 5.41) is 3.05. The number of hydrogen-bond donors (Lipinski definition) is 1. The molecule has 2 aliphatic rings. The standard InChI is InChI=1S/C17H30N2O2/c1-12(2)16(4,5)11-19-13(3)14(20)18-17(15(19)21)9-7-6-8-10-17/h12-13H,6-11H2,1-5H3,(H,18,20). The minimum absolute atomic E-state index is 0.0102. The minimum Gasteiger partial charge on any atom is -0.340 e. The molecule has 2 rings (SSSR count). The molecule has 1 spiro atoms. The van der Waals surface area contributed by atoms with Crippen LogP contribution in [-0.4, -0.2) is 34.8 Å². The molecule has 0 aromatic carbocycles. The van der Waals surface area contributed by atoms with Crippen LogP contribution < -0.4 is 5.32 Å². The molecule has 0 aromatic heterocycles. The number of nitrogens with one attached hydrogen (secondary N) is 1. The van der Waals surface area contributed by atoms with E-state index in [1.807, 2.05) is 11.8 Å². The van der Waals surface area contributed by atoms with Gasteiger partial charge in [-0.05, 0) is 31.1 Å². The topological polar surface area (TPSA) is 49.4 Å². The van der Waals surface area contributed by atoms with Crippen LogP contribution in [0.2, 0.25) is 0 Å². The number of amides is 2. The first-order valence-corrected chi connectivity index (χ1v) is 8.33. The van der Waals surface area contributed by atoms with Crippen molar-refractivity contribution in [1.29, 1.82) is 0 Å². The van der Waals surface area contributed by atoms with Crippen molar-refractivity contribution in [1.82, 2.24) is 10.2 Å². The van der Waals surface area contributed by atoms with Gasteiger partial charge in [-0.2, -0.15) is 0 Å². The van der Waals surface area contributed by atoms with Gasteiger partial charge in [0.1, 0.15) is 11.6 Å². The minimum atomic E-state index is -0.616. The van der Waals surface area contributed by atoms with Gasteiger partial charge in [0.15, 0.2) is 0 Å². The number of piperazine rings is 1. The first kappa shape index (κ1) is 16.3. The molecule has 1 atom stereocenters. The second-order valence-electron chi connectivity index (χ2n) is 7.88. The summed E-state index contributed by atoms with van der Waals surface area (Å²) in [6.45, 7) is 11.2. The van der Waals surface area contributed by atoms with Crippen LogP contribution in [0.4, 0.5) is 0 Å². The molecule has 2 fully saturated rings. The number of rotatable bonds is 3. The molecule has 1 saturated carbocycles. The van der Waals surface area contributed by atoms with Gasteiger partial charge in [-0.1, -0.05) is 47.0 Å². The van der Waals surface area contributed by atoms with E-state index in [0.29, 0.717) is 12.5 Å². The highest BCUT2D eigenvalue weighted by molar-refractivity contribution is 5.99. The Kier molecular flexibility index (Phi) is 4.36. The van der Waals surface area contributed by atoms with Gasteiger partial charge in [-0.3, -0.25) is 9.59 Å². The van der Waals surface area contributed by atoms with Gasteiger partial charge < -0.3 is 10.2 Å². The summed E-state index contributed by atoms with van der Waals surface area (Å²) in [5.74, 6) is 0.615. The summed E-state index contributed by atoms with van der Waals surface area (Å²) in [5.41, 5.74) is -0.605. The van der Waals surface area contributed by atoms with Crippen LogP contribution >= 0.6 is 0 Å². The second kappa shape index (κ2) is 5.62. The Hall–Kier alpha value is -1.06. The van der Waals surface area contributed by atoms with Crippen molar-refractivity contribution < 1.29 is 9.59 Å². The summed E-state index contributed by atoms with van der Waals surface area (Å²) in [6, 6.07) is -0.358. The Balaban J connectivity index is 2.25. The van der Waals surface area contributed by atoms with Gasteiger partial charge in [0.05, 0.1) is 0 Å². The third-order valence-electron chi connectivity index (χ3n) is 5.73. The molecular weight excluding hydrogens is 264 g/mol. The molecule has 120 valence electrons. The maximum Gasteiger partial charge on any atom is 0.249 e. The maximum atomic E-state index is 13.1. The first-order valence-electron chi connectivity index (χ1n) is 8.33. The van der Waals surface area contributed by atoms with E-state index in [0.717, 1.165) is 32.1 Å². The smallest absolute Gasteiger partial charge is 0.249 e. The maximum absolute atomic E-state index is 13.1. The van der Waals surface area contributed by atoms with Crippen LogP contribution in [0.25, 0.3) is 0 Å². The molecule has 1 aliphatic carbocycles. The Morgan fingerprint density at radius 2 is 1.81 bits per heavy atom. The molecule has 1 aliphatic heterocycles. The molecule has 1 heterocycles. The van der Waals surface area contributed by atoms with Crippen molar-refractivity contribution >= 4 is 11.8 Å². The van der Waals surface area contributed by atoms with Crippen molar-refractivity contribution in [3.63, 3.8) is 0 Å². The van der Waals surface area contributed by atoms with E-state index in [2.05, 4.69) is 33.0 Å². The molecule has 0 aromatic rings. The first-order chi connectivity index (χ1) is 9.69. The number of carbonyl (C=O) groups is 2. The van der Waals surface area contributed by atoms with Crippen LogP contribution in [0.3, 0.4) is 0 Å². The lowest BCUT2D eigenvalue weighted by Gasteiger charge is -2.49. The molecule has 4 nitrogen and oxygen atoms in total. The zero-order chi connectivity index (χ0) is 15.8. The molecule has 1 N–H and O–H groups in total. The van der Waals surface area contributed by atoms with Crippen LogP contribution in [-0.2, 0) is 9.59 Å². The zero-order valence-corrected chi connectivity index (χ0v) is 14.2. The highest BCUT2D eigenvalue weighted by Gasteiger charge is 2.50. The highest BCUT2D eigenvalue weighted by Crippen LogP contribution is 2.36. The van der Waals surface area contributed by atoms with Crippen LogP contribution in [0.5, 0.6) is 0 Å². The molecule has 1 unspecified atom stereocenters. The predicted octanol–water partition coefficient (Wildman–Crippen LogP) is 2.72. The van der Waals surface area contributed by atoms with Gasteiger partial charge in [-0.15, -0.1) is 0 Å². The molecule has 1 saturated heterocycles. The molecule has 0 bridgehead atoms. The summed E-state index contributed by atoms with van der Waals surface area (Å²) in [4.78, 5) is 27.3. The van der Waals surface area contributed by atoms with E-state index in [4.69, 9.17) is 0 Å². The third kappa shape index (κ3) is 2.95. The Morgan fingerprint density at radius 3 is 2.33 bits per heavy atom. The van der Waals surface area contributed by atoms with Crippen molar-refractivity contribution in [2.24, 2.45) is 11.3 Å². The predicted molar refractivity (Wildman–Crippen MR) is 83.8 cm³/mol. The SMILES string of the molecule is CC1C(=O)NC2(CCCCC2)C(=O)N1CC(C)(C)C(C)C. The van der Waals surface area contributed by atoms with Crippen molar-refractivity contribution in [3.05, 3.63) is 0 Å². The van der Waals surface area contributed by atoms with Crippen LogP contribution in [0.15, 0.2) is 0 Å². The fourth-order valence-electron chi connectivity index (χ4n) is 3.31.